The summed E-state index contributed by atoms with van der Waals surface area (Å²) in [4.78, 5) is 10.0. The van der Waals surface area contributed by atoms with E-state index in [1.165, 1.54) is 21.9 Å². The molecule has 0 bridgehead atoms. The van der Waals surface area contributed by atoms with Crippen molar-refractivity contribution >= 4 is 32.6 Å². The zero-order valence-corrected chi connectivity index (χ0v) is 27.2. The molecule has 40 heavy (non-hydrogen) atoms. The van der Waals surface area contributed by atoms with Gasteiger partial charge in [-0.25, -0.2) is 0 Å². The topological polar surface area (TPSA) is 66.2 Å². The van der Waals surface area contributed by atoms with Crippen LogP contribution in [-0.4, -0.2) is 32.4 Å². The van der Waals surface area contributed by atoms with Gasteiger partial charge in [0.15, 0.2) is 0 Å². The summed E-state index contributed by atoms with van der Waals surface area (Å²) in [6.07, 6.45) is 1.61. The van der Waals surface area contributed by atoms with Crippen LogP contribution in [0.1, 0.15) is 72.9 Å². The summed E-state index contributed by atoms with van der Waals surface area (Å²) in [6, 6.07) is 25.1. The van der Waals surface area contributed by atoms with Crippen LogP contribution in [0.5, 0.6) is 0 Å². The van der Waals surface area contributed by atoms with Crippen LogP contribution in [0.25, 0.3) is 43.8 Å². The number of aromatic nitrogens is 2. The van der Waals surface area contributed by atoms with Crippen LogP contribution in [0.2, 0.25) is 0 Å². The molecule has 1 aromatic heterocycles. The molecular formula is C35H41IrN2O2-. The number of aliphatic hydroxyl groups is 2. The van der Waals surface area contributed by atoms with Gasteiger partial charge in [0.05, 0.1) is 23.4 Å². The average Bonchev–Trinajstić information content (AvgIpc) is 2.87. The van der Waals surface area contributed by atoms with Crippen molar-refractivity contribution in [2.75, 3.05) is 0 Å². The van der Waals surface area contributed by atoms with E-state index in [-0.39, 0.29) is 43.1 Å². The minimum atomic E-state index is -0.375. The molecule has 2 N–H and O–H groups in total. The van der Waals surface area contributed by atoms with Gasteiger partial charge in [-0.05, 0) is 42.0 Å². The molecule has 0 aliphatic rings. The van der Waals surface area contributed by atoms with Crippen molar-refractivity contribution in [3.63, 3.8) is 0 Å². The molecule has 5 aromatic rings. The standard InChI is InChI=1S/C30H29N2.C5H12O2.Ir/c1-29(2,3)20-12-14-22-24(16-20)25-17-21(30(4,5)6)13-15-23(25)28-27(22)31-18-26(32-28)19-10-8-7-9-11-19;1-4(6)3-5(2)7;/h7-13,15-18H,1-6H3;4-7H,3H2,1-2H3;/q-1;;. The number of aliphatic hydroxyl groups excluding tert-OH is 2. The third-order valence-electron chi connectivity index (χ3n) is 7.00. The van der Waals surface area contributed by atoms with Crippen molar-refractivity contribution in [3.8, 4) is 11.3 Å². The van der Waals surface area contributed by atoms with E-state index in [9.17, 15) is 0 Å². The first-order valence-electron chi connectivity index (χ1n) is 13.8. The maximum absolute atomic E-state index is 8.56. The molecule has 0 saturated carbocycles. The summed E-state index contributed by atoms with van der Waals surface area (Å²) < 4.78 is 0. The number of fused-ring (bicyclic) bond motifs is 6. The van der Waals surface area contributed by atoms with E-state index in [0.29, 0.717) is 6.42 Å². The molecule has 4 nitrogen and oxygen atoms in total. The van der Waals surface area contributed by atoms with Gasteiger partial charge >= 0.3 is 0 Å². The van der Waals surface area contributed by atoms with Crippen molar-refractivity contribution in [2.24, 2.45) is 0 Å². The molecule has 0 fully saturated rings. The molecule has 1 heterocycles. The first-order valence-corrected chi connectivity index (χ1v) is 13.8. The first-order chi connectivity index (χ1) is 18.3. The second kappa shape index (κ2) is 12.4. The Labute approximate surface area is 252 Å². The molecule has 0 spiro atoms. The fraction of sp³-hybridized carbons (Fsp3) is 0.371. The number of hydrogen-bond acceptors (Lipinski definition) is 4. The molecule has 2 atom stereocenters. The Morgan fingerprint density at radius 1 is 0.750 bits per heavy atom. The van der Waals surface area contributed by atoms with Gasteiger partial charge in [-0.15, -0.1) is 29.1 Å². The molecule has 1 radical (unpaired) electrons. The molecule has 0 amide bonds. The predicted molar refractivity (Wildman–Crippen MR) is 164 cm³/mol. The van der Waals surface area contributed by atoms with Gasteiger partial charge in [-0.1, -0.05) is 101 Å². The molecule has 0 saturated heterocycles. The summed E-state index contributed by atoms with van der Waals surface area (Å²) in [6.45, 7) is 16.8. The van der Waals surface area contributed by atoms with Crippen molar-refractivity contribution in [1.82, 2.24) is 9.97 Å². The van der Waals surface area contributed by atoms with Gasteiger partial charge in [-0.2, -0.15) is 0 Å². The molecule has 0 aliphatic carbocycles. The second-order valence-corrected chi connectivity index (χ2v) is 12.7. The van der Waals surface area contributed by atoms with Gasteiger partial charge in [0, 0.05) is 37.4 Å². The van der Waals surface area contributed by atoms with Crippen LogP contribution in [-0.2, 0) is 30.9 Å². The third kappa shape index (κ3) is 7.14. The molecular weight excluding hydrogens is 673 g/mol. The van der Waals surface area contributed by atoms with Gasteiger partial charge in [0.25, 0.3) is 0 Å². The van der Waals surface area contributed by atoms with Gasteiger partial charge < -0.3 is 15.2 Å². The van der Waals surface area contributed by atoms with Crippen molar-refractivity contribution in [1.29, 1.82) is 0 Å². The van der Waals surface area contributed by atoms with E-state index < -0.39 is 0 Å². The summed E-state index contributed by atoms with van der Waals surface area (Å²) in [7, 11) is 0. The Balaban J connectivity index is 0.000000492. The Morgan fingerprint density at radius 2 is 1.35 bits per heavy atom. The van der Waals surface area contributed by atoms with E-state index in [2.05, 4.69) is 90.1 Å². The van der Waals surface area contributed by atoms with E-state index in [0.717, 1.165) is 33.1 Å². The molecule has 5 rings (SSSR count). The third-order valence-corrected chi connectivity index (χ3v) is 7.00. The monoisotopic (exact) mass is 714 g/mol. The smallest absolute Gasteiger partial charge is 0.0873 e. The van der Waals surface area contributed by atoms with Crippen LogP contribution in [0.15, 0.2) is 66.9 Å². The first kappa shape index (κ1) is 31.8. The zero-order valence-electron chi connectivity index (χ0n) is 24.8. The Morgan fingerprint density at radius 3 is 1.90 bits per heavy atom. The maximum atomic E-state index is 8.56. The van der Waals surface area contributed by atoms with E-state index in [4.69, 9.17) is 20.2 Å². The number of nitrogens with zero attached hydrogens (tertiary/aromatic N) is 2. The van der Waals surface area contributed by atoms with Crippen LogP contribution in [0, 0.1) is 6.07 Å². The van der Waals surface area contributed by atoms with Gasteiger partial charge in [0.1, 0.15) is 0 Å². The Kier molecular flexibility index (Phi) is 9.90. The zero-order chi connectivity index (χ0) is 28.5. The SMILES string of the molecule is CC(C)(C)c1c[c-]c2c(c1)c1cc(C(C)(C)C)ccc1c1nc(-c3ccccc3)cnc21.CC(O)CC(C)O.[Ir]. The minimum Gasteiger partial charge on any atom is -0.393 e. The molecule has 2 unspecified atom stereocenters. The average molecular weight is 714 g/mol. The van der Waals surface area contributed by atoms with Crippen molar-refractivity contribution in [3.05, 3.63) is 84.1 Å². The summed E-state index contributed by atoms with van der Waals surface area (Å²) in [5, 5.41) is 21.7. The van der Waals surface area contributed by atoms with E-state index in [1.807, 2.05) is 24.4 Å². The maximum Gasteiger partial charge on any atom is 0.0873 e. The quantitative estimate of drug-likeness (QED) is 0.146. The van der Waals surface area contributed by atoms with Gasteiger partial charge in [0.2, 0.25) is 0 Å². The molecule has 213 valence electrons. The Bertz CT molecular complexity index is 1590. The molecule has 0 aliphatic heterocycles. The predicted octanol–water partition coefficient (Wildman–Crippen LogP) is 8.13. The van der Waals surface area contributed by atoms with Crippen LogP contribution in [0.3, 0.4) is 0 Å². The van der Waals surface area contributed by atoms with Gasteiger partial charge in [-0.3, -0.25) is 4.98 Å². The van der Waals surface area contributed by atoms with Crippen LogP contribution in [0.4, 0.5) is 0 Å². The fourth-order valence-corrected chi connectivity index (χ4v) is 4.78. The van der Waals surface area contributed by atoms with Crippen molar-refractivity contribution < 1.29 is 30.3 Å². The second-order valence-electron chi connectivity index (χ2n) is 12.7. The number of hydrogen-bond donors (Lipinski definition) is 2. The Hall–Kier alpha value is -2.69. The van der Waals surface area contributed by atoms with E-state index in [1.54, 1.807) is 13.8 Å². The normalized spacial score (nSPS) is 13.4. The summed E-state index contributed by atoms with van der Waals surface area (Å²) in [5.74, 6) is 0. The number of rotatable bonds is 3. The summed E-state index contributed by atoms with van der Waals surface area (Å²) in [5.41, 5.74) is 6.54. The molecule has 5 heteroatoms. The van der Waals surface area contributed by atoms with Crippen molar-refractivity contribution in [2.45, 2.75) is 84.8 Å². The fourth-order valence-electron chi connectivity index (χ4n) is 4.78. The van der Waals surface area contributed by atoms with Crippen LogP contribution < -0.4 is 0 Å². The largest absolute Gasteiger partial charge is 0.393 e. The van der Waals surface area contributed by atoms with Crippen LogP contribution >= 0.6 is 0 Å². The molecule has 4 aromatic carbocycles. The van der Waals surface area contributed by atoms with E-state index >= 15 is 0 Å². The number of benzene rings is 4. The summed E-state index contributed by atoms with van der Waals surface area (Å²) >= 11 is 0. The minimum absolute atomic E-state index is 0.